The number of aromatic nitrogens is 4. The Kier molecular flexibility index (Phi) is 5.67. The third-order valence-corrected chi connectivity index (χ3v) is 4.49. The van der Waals surface area contributed by atoms with Crippen LogP contribution in [-0.2, 0) is 17.9 Å². The summed E-state index contributed by atoms with van der Waals surface area (Å²) in [7, 11) is 0. The molecule has 9 heteroatoms. The number of carbonyl (C=O) groups excluding carboxylic acids is 1. The van der Waals surface area contributed by atoms with Crippen LogP contribution in [0.15, 0.2) is 76.0 Å². The molecule has 2 aromatic heterocycles. The van der Waals surface area contributed by atoms with Crippen LogP contribution < -0.4 is 10.9 Å². The van der Waals surface area contributed by atoms with Gasteiger partial charge in [-0.1, -0.05) is 59.2 Å². The predicted octanol–water partition coefficient (Wildman–Crippen LogP) is 2.93. The van der Waals surface area contributed by atoms with Crippen molar-refractivity contribution >= 4 is 17.5 Å². The molecule has 150 valence electrons. The van der Waals surface area contributed by atoms with Gasteiger partial charge in [0, 0.05) is 23.2 Å². The molecule has 0 bridgehead atoms. The van der Waals surface area contributed by atoms with Gasteiger partial charge in [0.25, 0.3) is 11.4 Å². The standard InChI is InChI=1S/C21H16ClN5O3/c22-16-8-6-14(7-9-16)12-23-18(28)13-27-19(29)11-10-17(25-27)21-24-20(26-30-21)15-4-2-1-3-5-15/h1-11H,12-13H2,(H,23,28). The van der Waals surface area contributed by atoms with E-state index in [-0.39, 0.29) is 18.3 Å². The molecular weight excluding hydrogens is 406 g/mol. The highest BCUT2D eigenvalue weighted by Crippen LogP contribution is 2.19. The first-order valence-electron chi connectivity index (χ1n) is 9.07. The van der Waals surface area contributed by atoms with Crippen LogP contribution in [0.1, 0.15) is 5.56 Å². The maximum absolute atomic E-state index is 12.3. The molecule has 2 aromatic carbocycles. The molecular formula is C21H16ClN5O3. The van der Waals surface area contributed by atoms with Gasteiger partial charge >= 0.3 is 0 Å². The van der Waals surface area contributed by atoms with Gasteiger partial charge in [0.05, 0.1) is 0 Å². The smallest absolute Gasteiger partial charge is 0.278 e. The minimum absolute atomic E-state index is 0.157. The van der Waals surface area contributed by atoms with E-state index in [1.54, 1.807) is 12.1 Å². The Bertz CT molecular complexity index is 1220. The van der Waals surface area contributed by atoms with Gasteiger partial charge < -0.3 is 9.84 Å². The highest BCUT2D eigenvalue weighted by molar-refractivity contribution is 6.30. The zero-order valence-corrected chi connectivity index (χ0v) is 16.4. The van der Waals surface area contributed by atoms with Gasteiger partial charge in [-0.25, -0.2) is 4.68 Å². The fraction of sp³-hybridized carbons (Fsp3) is 0.0952. The number of hydrogen-bond acceptors (Lipinski definition) is 6. The number of amides is 1. The van der Waals surface area contributed by atoms with Gasteiger partial charge in [-0.2, -0.15) is 10.1 Å². The van der Waals surface area contributed by atoms with E-state index in [1.165, 1.54) is 12.1 Å². The molecule has 0 aliphatic heterocycles. The molecule has 0 spiro atoms. The quantitative estimate of drug-likeness (QED) is 0.513. The Morgan fingerprint density at radius 2 is 1.80 bits per heavy atom. The van der Waals surface area contributed by atoms with Crippen molar-refractivity contribution in [3.05, 3.63) is 87.7 Å². The van der Waals surface area contributed by atoms with Crippen molar-refractivity contribution in [2.75, 3.05) is 0 Å². The molecule has 0 radical (unpaired) electrons. The molecule has 2 heterocycles. The van der Waals surface area contributed by atoms with Crippen LogP contribution in [0.25, 0.3) is 23.0 Å². The Labute approximate surface area is 176 Å². The number of nitrogens with zero attached hydrogens (tertiary/aromatic N) is 4. The molecule has 30 heavy (non-hydrogen) atoms. The first-order valence-corrected chi connectivity index (χ1v) is 9.45. The van der Waals surface area contributed by atoms with E-state index in [4.69, 9.17) is 16.1 Å². The van der Waals surface area contributed by atoms with Crippen LogP contribution in [0.2, 0.25) is 5.02 Å². The lowest BCUT2D eigenvalue weighted by Crippen LogP contribution is -2.33. The summed E-state index contributed by atoms with van der Waals surface area (Å²) in [6.07, 6.45) is 0. The third-order valence-electron chi connectivity index (χ3n) is 4.24. The van der Waals surface area contributed by atoms with Gasteiger partial charge in [-0.05, 0) is 23.8 Å². The summed E-state index contributed by atoms with van der Waals surface area (Å²) in [5.41, 5.74) is 1.57. The number of benzene rings is 2. The molecule has 0 atom stereocenters. The summed E-state index contributed by atoms with van der Waals surface area (Å²) in [5.74, 6) is 0.210. The molecule has 4 rings (SSSR count). The van der Waals surface area contributed by atoms with Crippen molar-refractivity contribution in [2.45, 2.75) is 13.1 Å². The Morgan fingerprint density at radius 1 is 1.03 bits per heavy atom. The highest BCUT2D eigenvalue weighted by atomic mass is 35.5. The lowest BCUT2D eigenvalue weighted by molar-refractivity contribution is -0.122. The molecule has 1 N–H and O–H groups in total. The van der Waals surface area contributed by atoms with Crippen molar-refractivity contribution in [2.24, 2.45) is 0 Å². The topological polar surface area (TPSA) is 103 Å². The van der Waals surface area contributed by atoms with Crippen molar-refractivity contribution in [1.29, 1.82) is 0 Å². The first-order chi connectivity index (χ1) is 14.6. The highest BCUT2D eigenvalue weighted by Gasteiger charge is 2.14. The third kappa shape index (κ3) is 4.61. The van der Waals surface area contributed by atoms with Gasteiger partial charge in [0.1, 0.15) is 12.2 Å². The summed E-state index contributed by atoms with van der Waals surface area (Å²) in [6, 6.07) is 19.2. The second-order valence-electron chi connectivity index (χ2n) is 6.41. The van der Waals surface area contributed by atoms with Crippen LogP contribution in [0.5, 0.6) is 0 Å². The molecule has 1 amide bonds. The van der Waals surface area contributed by atoms with Gasteiger partial charge in [-0.3, -0.25) is 9.59 Å². The van der Waals surface area contributed by atoms with Gasteiger partial charge in [-0.15, -0.1) is 0 Å². The van der Waals surface area contributed by atoms with E-state index >= 15 is 0 Å². The normalized spacial score (nSPS) is 10.7. The summed E-state index contributed by atoms with van der Waals surface area (Å²) >= 11 is 5.85. The Morgan fingerprint density at radius 3 is 2.57 bits per heavy atom. The first kappa shape index (κ1) is 19.5. The fourth-order valence-electron chi connectivity index (χ4n) is 2.70. The molecule has 8 nitrogen and oxygen atoms in total. The molecule has 0 fully saturated rings. The van der Waals surface area contributed by atoms with Crippen LogP contribution in [0, 0.1) is 0 Å². The van der Waals surface area contributed by atoms with Crippen LogP contribution in [-0.4, -0.2) is 25.8 Å². The zero-order valence-electron chi connectivity index (χ0n) is 15.7. The minimum atomic E-state index is -0.414. The molecule has 4 aromatic rings. The predicted molar refractivity (Wildman–Crippen MR) is 111 cm³/mol. The van der Waals surface area contributed by atoms with E-state index in [0.717, 1.165) is 15.8 Å². The van der Waals surface area contributed by atoms with E-state index in [9.17, 15) is 9.59 Å². The van der Waals surface area contributed by atoms with Crippen LogP contribution in [0.4, 0.5) is 0 Å². The molecule has 0 aliphatic rings. The second kappa shape index (κ2) is 8.71. The number of carbonyl (C=O) groups is 1. The summed E-state index contributed by atoms with van der Waals surface area (Å²) in [6.45, 7) is 0.0779. The average Bonchev–Trinajstić information content (AvgIpc) is 3.26. The van der Waals surface area contributed by atoms with E-state index < -0.39 is 5.56 Å². The largest absolute Gasteiger partial charge is 0.350 e. The fourth-order valence-corrected chi connectivity index (χ4v) is 2.83. The Hall–Kier alpha value is -3.78. The monoisotopic (exact) mass is 421 g/mol. The van der Waals surface area contributed by atoms with E-state index in [2.05, 4.69) is 20.6 Å². The van der Waals surface area contributed by atoms with E-state index in [0.29, 0.717) is 23.1 Å². The van der Waals surface area contributed by atoms with Crippen LogP contribution >= 0.6 is 11.6 Å². The second-order valence-corrected chi connectivity index (χ2v) is 6.84. The molecule has 0 unspecified atom stereocenters. The zero-order chi connectivity index (χ0) is 20.9. The summed E-state index contributed by atoms with van der Waals surface area (Å²) in [4.78, 5) is 28.7. The Balaban J connectivity index is 1.47. The maximum atomic E-state index is 12.3. The van der Waals surface area contributed by atoms with E-state index in [1.807, 2.05) is 42.5 Å². The number of nitrogens with one attached hydrogen (secondary N) is 1. The van der Waals surface area contributed by atoms with Gasteiger partial charge in [0.2, 0.25) is 11.7 Å². The maximum Gasteiger partial charge on any atom is 0.278 e. The SMILES string of the molecule is O=C(Cn1nc(-c2nc(-c3ccccc3)no2)ccc1=O)NCc1ccc(Cl)cc1. The number of halogens is 1. The average molecular weight is 422 g/mol. The number of hydrogen-bond donors (Lipinski definition) is 1. The van der Waals surface area contributed by atoms with Crippen molar-refractivity contribution in [1.82, 2.24) is 25.2 Å². The molecule has 0 saturated carbocycles. The van der Waals surface area contributed by atoms with Gasteiger partial charge in [0.15, 0.2) is 0 Å². The minimum Gasteiger partial charge on any atom is -0.350 e. The van der Waals surface area contributed by atoms with Crippen molar-refractivity contribution in [3.63, 3.8) is 0 Å². The van der Waals surface area contributed by atoms with Crippen LogP contribution in [0.3, 0.4) is 0 Å². The molecule has 0 saturated heterocycles. The van der Waals surface area contributed by atoms with Crippen molar-refractivity contribution < 1.29 is 9.32 Å². The summed E-state index contributed by atoms with van der Waals surface area (Å²) in [5, 5.41) is 11.5. The number of rotatable bonds is 6. The lowest BCUT2D eigenvalue weighted by atomic mass is 10.2. The summed E-state index contributed by atoms with van der Waals surface area (Å²) < 4.78 is 6.32. The lowest BCUT2D eigenvalue weighted by Gasteiger charge is -2.07. The van der Waals surface area contributed by atoms with Crippen molar-refractivity contribution in [3.8, 4) is 23.0 Å². The molecule has 0 aliphatic carbocycles.